The number of hydrogen-bond donors (Lipinski definition) is 2. The third-order valence-electron chi connectivity index (χ3n) is 2.52. The van der Waals surface area contributed by atoms with Crippen molar-refractivity contribution >= 4 is 11.6 Å². The third-order valence-corrected chi connectivity index (χ3v) is 2.93. The molecule has 0 radical (unpaired) electrons. The van der Waals surface area contributed by atoms with E-state index in [-0.39, 0.29) is 6.04 Å². The lowest BCUT2D eigenvalue weighted by Crippen LogP contribution is -2.19. The van der Waals surface area contributed by atoms with Crippen molar-refractivity contribution in [2.45, 2.75) is 13.0 Å². The Balaban J connectivity index is 2.37. The van der Waals surface area contributed by atoms with Crippen LogP contribution >= 0.6 is 11.6 Å². The Hall–Kier alpha value is -1.39. The van der Waals surface area contributed by atoms with E-state index in [2.05, 4.69) is 20.5 Å². The van der Waals surface area contributed by atoms with Crippen LogP contribution in [0.4, 0.5) is 0 Å². The van der Waals surface area contributed by atoms with Crippen LogP contribution in [0, 0.1) is 6.92 Å². The van der Waals surface area contributed by atoms with Crippen molar-refractivity contribution in [1.82, 2.24) is 20.5 Å². The van der Waals surface area contributed by atoms with E-state index in [0.717, 1.165) is 22.0 Å². The van der Waals surface area contributed by atoms with Gasteiger partial charge in [0, 0.05) is 5.02 Å². The minimum absolute atomic E-state index is 0.0133. The molecule has 1 atom stereocenters. The maximum absolute atomic E-state index is 6.10. The van der Waals surface area contributed by atoms with Crippen LogP contribution in [-0.4, -0.2) is 22.2 Å². The largest absolute Gasteiger partial charge is 0.307 e. The number of aromatic amines is 1. The van der Waals surface area contributed by atoms with Gasteiger partial charge in [0.1, 0.15) is 12.2 Å². The highest BCUT2D eigenvalue weighted by Crippen LogP contribution is 2.23. The maximum atomic E-state index is 6.10. The zero-order valence-corrected chi connectivity index (χ0v) is 9.92. The Morgan fingerprint density at radius 3 is 2.81 bits per heavy atom. The van der Waals surface area contributed by atoms with Gasteiger partial charge >= 0.3 is 0 Å². The fourth-order valence-corrected chi connectivity index (χ4v) is 1.79. The number of nitrogens with one attached hydrogen (secondary N) is 2. The Morgan fingerprint density at radius 2 is 2.25 bits per heavy atom. The number of rotatable bonds is 3. The lowest BCUT2D eigenvalue weighted by atomic mass is 10.0. The maximum Gasteiger partial charge on any atom is 0.145 e. The molecule has 1 unspecified atom stereocenters. The number of benzene rings is 1. The molecule has 0 fully saturated rings. The molecule has 0 amide bonds. The molecule has 1 heterocycles. The van der Waals surface area contributed by atoms with E-state index in [1.807, 2.05) is 32.2 Å². The van der Waals surface area contributed by atoms with Crippen LogP contribution in [0.3, 0.4) is 0 Å². The van der Waals surface area contributed by atoms with Crippen LogP contribution in [0.5, 0.6) is 0 Å². The lowest BCUT2D eigenvalue weighted by molar-refractivity contribution is 0.649. The van der Waals surface area contributed by atoms with E-state index in [9.17, 15) is 0 Å². The zero-order chi connectivity index (χ0) is 11.5. The summed E-state index contributed by atoms with van der Waals surface area (Å²) in [6.45, 7) is 1.98. The molecule has 0 saturated carbocycles. The molecule has 0 aliphatic carbocycles. The number of aromatic nitrogens is 3. The van der Waals surface area contributed by atoms with Gasteiger partial charge in [-0.3, -0.25) is 5.10 Å². The van der Waals surface area contributed by atoms with Crippen molar-refractivity contribution in [1.29, 1.82) is 0 Å². The van der Waals surface area contributed by atoms with Crippen molar-refractivity contribution in [3.63, 3.8) is 0 Å². The van der Waals surface area contributed by atoms with E-state index in [4.69, 9.17) is 11.6 Å². The monoisotopic (exact) mass is 236 g/mol. The van der Waals surface area contributed by atoms with Gasteiger partial charge in [0.15, 0.2) is 0 Å². The van der Waals surface area contributed by atoms with E-state index < -0.39 is 0 Å². The number of nitrogens with zero attached hydrogens (tertiary/aromatic N) is 2. The molecule has 5 heteroatoms. The third kappa shape index (κ3) is 2.08. The summed E-state index contributed by atoms with van der Waals surface area (Å²) in [6.07, 6.45) is 1.50. The summed E-state index contributed by atoms with van der Waals surface area (Å²) in [5.41, 5.74) is 2.13. The van der Waals surface area contributed by atoms with Crippen molar-refractivity contribution in [2.24, 2.45) is 0 Å². The first kappa shape index (κ1) is 11.1. The van der Waals surface area contributed by atoms with Gasteiger partial charge in [-0.1, -0.05) is 23.7 Å². The predicted molar refractivity (Wildman–Crippen MR) is 63.5 cm³/mol. The van der Waals surface area contributed by atoms with Gasteiger partial charge in [0.25, 0.3) is 0 Å². The van der Waals surface area contributed by atoms with E-state index in [1.165, 1.54) is 6.33 Å². The van der Waals surface area contributed by atoms with Crippen LogP contribution < -0.4 is 5.32 Å². The van der Waals surface area contributed by atoms with Crippen LogP contribution in [0.15, 0.2) is 24.5 Å². The molecular formula is C11H13ClN4. The zero-order valence-electron chi connectivity index (χ0n) is 9.16. The molecule has 1 aromatic heterocycles. The number of halogens is 1. The average molecular weight is 237 g/mol. The highest BCUT2D eigenvalue weighted by atomic mass is 35.5. The summed E-state index contributed by atoms with van der Waals surface area (Å²) in [4.78, 5) is 4.14. The smallest absolute Gasteiger partial charge is 0.145 e. The van der Waals surface area contributed by atoms with E-state index in [1.54, 1.807) is 0 Å². The highest BCUT2D eigenvalue weighted by molar-refractivity contribution is 6.31. The number of hydrogen-bond acceptors (Lipinski definition) is 3. The van der Waals surface area contributed by atoms with Gasteiger partial charge in [0.2, 0.25) is 0 Å². The normalized spacial score (nSPS) is 12.7. The molecule has 0 spiro atoms. The number of aryl methyl sites for hydroxylation is 1. The van der Waals surface area contributed by atoms with Crippen LogP contribution in [-0.2, 0) is 0 Å². The lowest BCUT2D eigenvalue weighted by Gasteiger charge is -2.14. The SMILES string of the molecule is CNC(c1ccc(C)c(Cl)c1)c1ncn[nH]1. The molecule has 84 valence electrons. The molecule has 2 rings (SSSR count). The summed E-state index contributed by atoms with van der Waals surface area (Å²) >= 11 is 6.10. The van der Waals surface area contributed by atoms with Gasteiger partial charge in [-0.05, 0) is 31.2 Å². The Bertz CT molecular complexity index is 467. The van der Waals surface area contributed by atoms with Crippen molar-refractivity contribution in [3.8, 4) is 0 Å². The molecule has 1 aromatic carbocycles. The summed E-state index contributed by atoms with van der Waals surface area (Å²) < 4.78 is 0. The molecule has 0 bridgehead atoms. The van der Waals surface area contributed by atoms with Crippen LogP contribution in [0.2, 0.25) is 5.02 Å². The molecular weight excluding hydrogens is 224 g/mol. The molecule has 2 N–H and O–H groups in total. The van der Waals surface area contributed by atoms with Crippen LogP contribution in [0.1, 0.15) is 23.0 Å². The molecule has 2 aromatic rings. The summed E-state index contributed by atoms with van der Waals surface area (Å²) in [5, 5.41) is 10.6. The summed E-state index contributed by atoms with van der Waals surface area (Å²) in [6, 6.07) is 5.96. The molecule has 16 heavy (non-hydrogen) atoms. The fourth-order valence-electron chi connectivity index (χ4n) is 1.60. The average Bonchev–Trinajstić information content (AvgIpc) is 2.78. The first-order chi connectivity index (χ1) is 7.72. The molecule has 4 nitrogen and oxygen atoms in total. The van der Waals surface area contributed by atoms with Gasteiger partial charge in [0.05, 0.1) is 6.04 Å². The second-order valence-corrected chi connectivity index (χ2v) is 4.01. The molecule has 0 aliphatic heterocycles. The van der Waals surface area contributed by atoms with Crippen molar-refractivity contribution < 1.29 is 0 Å². The van der Waals surface area contributed by atoms with Gasteiger partial charge in [-0.2, -0.15) is 5.10 Å². The first-order valence-electron chi connectivity index (χ1n) is 5.01. The molecule has 0 saturated heterocycles. The Kier molecular flexibility index (Phi) is 3.22. The molecule has 0 aliphatic rings. The second-order valence-electron chi connectivity index (χ2n) is 3.60. The standard InChI is InChI=1S/C11H13ClN4/c1-7-3-4-8(5-9(7)12)10(13-2)11-14-6-15-16-11/h3-6,10,13H,1-2H3,(H,14,15,16). The summed E-state index contributed by atoms with van der Waals surface area (Å²) in [5.74, 6) is 0.780. The predicted octanol–water partition coefficient (Wildman–Crippen LogP) is 2.08. The first-order valence-corrected chi connectivity index (χ1v) is 5.38. The van der Waals surface area contributed by atoms with E-state index >= 15 is 0 Å². The second kappa shape index (κ2) is 4.63. The topological polar surface area (TPSA) is 53.6 Å². The minimum Gasteiger partial charge on any atom is -0.307 e. The number of H-pyrrole nitrogens is 1. The minimum atomic E-state index is -0.0133. The fraction of sp³-hybridized carbons (Fsp3) is 0.273. The Morgan fingerprint density at radius 1 is 1.44 bits per heavy atom. The van der Waals surface area contributed by atoms with Gasteiger partial charge < -0.3 is 5.32 Å². The van der Waals surface area contributed by atoms with Crippen LogP contribution in [0.25, 0.3) is 0 Å². The Labute approximate surface area is 99.1 Å². The highest BCUT2D eigenvalue weighted by Gasteiger charge is 2.15. The summed E-state index contributed by atoms with van der Waals surface area (Å²) in [7, 11) is 1.88. The quantitative estimate of drug-likeness (QED) is 0.858. The van der Waals surface area contributed by atoms with Crippen molar-refractivity contribution in [2.75, 3.05) is 7.05 Å². The van der Waals surface area contributed by atoms with Gasteiger partial charge in [-0.25, -0.2) is 4.98 Å². The van der Waals surface area contributed by atoms with Crippen molar-refractivity contribution in [3.05, 3.63) is 46.5 Å². The van der Waals surface area contributed by atoms with E-state index in [0.29, 0.717) is 0 Å². The van der Waals surface area contributed by atoms with Gasteiger partial charge in [-0.15, -0.1) is 0 Å².